The standard InChI is InChI=1S/C15H14O4.2C11H8O3.C10H7NO3.C10H6O4.C10H6O3/c1-8(2)6-7-10-13(17)9-4-3-5-11(16)12(9)15(19)14(10)18;1-6-4-7-8(12)2-3-9(13)11(7)10(14)5-6;1-6-5-9(13)10-7(11(6)14)3-2-4-8(10)12;11-5-1-2-7(13)10-8(14)4-3-6(12)9(5)10;11-5-1-2-6(12)10-8(14)4-3-7(13)9(5)10;11-7-4-5-9(13)10-6(7)2-1-3-8(10)12/h3-6,16-17H,7H2,1-2H3;2-5,14H,1H3;2-5,12H,1H3;1-4,13H,11H2;1-4,11-12H;1-5,12H. The highest BCUT2D eigenvalue weighted by Crippen LogP contribution is 2.36. The summed E-state index contributed by atoms with van der Waals surface area (Å²) in [7, 11) is 0. The van der Waals surface area contributed by atoms with Gasteiger partial charge in [-0.15, -0.1) is 0 Å². The molecule has 10 N–H and O–H groups in total. The van der Waals surface area contributed by atoms with Crippen molar-refractivity contribution in [2.24, 2.45) is 0 Å². The fourth-order valence-corrected chi connectivity index (χ4v) is 9.24. The average molecular weight is 1190 g/mol. The molecule has 0 radical (unpaired) electrons. The van der Waals surface area contributed by atoms with Crippen LogP contribution < -0.4 is 5.73 Å². The molecule has 0 aromatic heterocycles. The van der Waals surface area contributed by atoms with E-state index in [2.05, 4.69) is 0 Å². The molecule has 0 bridgehead atoms. The number of ketones is 12. The van der Waals surface area contributed by atoms with Crippen molar-refractivity contribution in [3.63, 3.8) is 0 Å². The number of hydrogen-bond donors (Lipinski definition) is 9. The second-order valence-electron chi connectivity index (χ2n) is 19.8. The highest BCUT2D eigenvalue weighted by Gasteiger charge is 2.35. The monoisotopic (exact) mass is 1190 g/mol. The Balaban J connectivity index is 0.000000151. The molecule has 21 heteroatoms. The van der Waals surface area contributed by atoms with Crippen LogP contribution in [0.5, 0.6) is 40.2 Å². The maximum atomic E-state index is 12.0. The number of Topliss-reactive ketones (excluding diaryl/α,β-unsaturated/α-hetero) is 3. The molecule has 0 unspecified atom stereocenters. The van der Waals surface area contributed by atoms with Gasteiger partial charge in [-0.25, -0.2) is 0 Å². The Hall–Kier alpha value is -12.3. The maximum absolute atomic E-state index is 12.0. The van der Waals surface area contributed by atoms with Gasteiger partial charge in [-0.3, -0.25) is 57.5 Å². The first-order chi connectivity index (χ1) is 41.5. The predicted octanol–water partition coefficient (Wildman–Crippen LogP) is 9.41. The van der Waals surface area contributed by atoms with Crippen molar-refractivity contribution in [3.8, 4) is 40.2 Å². The van der Waals surface area contributed by atoms with Crippen molar-refractivity contribution in [3.05, 3.63) is 241 Å². The molecule has 0 atom stereocenters. The molecule has 0 fully saturated rings. The second-order valence-corrected chi connectivity index (χ2v) is 19.8. The van der Waals surface area contributed by atoms with Crippen LogP contribution in [0, 0.1) is 6.92 Å². The second kappa shape index (κ2) is 26.1. The number of phenols is 7. The number of benzene rings is 6. The van der Waals surface area contributed by atoms with Crippen molar-refractivity contribution < 1.29 is 98.4 Å². The maximum Gasteiger partial charge on any atom is 0.237 e. The van der Waals surface area contributed by atoms with Crippen LogP contribution in [0.3, 0.4) is 0 Å². The Morgan fingerprint density at radius 2 is 0.739 bits per heavy atom. The summed E-state index contributed by atoms with van der Waals surface area (Å²) < 4.78 is 0. The van der Waals surface area contributed by atoms with Gasteiger partial charge in [0.2, 0.25) is 11.6 Å². The van der Waals surface area contributed by atoms with Crippen LogP contribution in [0.4, 0.5) is 5.69 Å². The van der Waals surface area contributed by atoms with E-state index in [0.717, 1.165) is 35.4 Å². The van der Waals surface area contributed by atoms with Crippen LogP contribution in [-0.4, -0.2) is 110 Å². The number of carbonyl (C=O) groups excluding carboxylic acids is 12. The molecule has 0 amide bonds. The zero-order valence-electron chi connectivity index (χ0n) is 46.7. The summed E-state index contributed by atoms with van der Waals surface area (Å²) in [5, 5.41) is 76.2. The summed E-state index contributed by atoms with van der Waals surface area (Å²) in [4.78, 5) is 138. The number of aliphatic hydroxyl groups is 1. The number of allylic oxidation sites excluding steroid dienone is 13. The number of anilines is 1. The number of aryl methyl sites for hydroxylation is 1. The van der Waals surface area contributed by atoms with Gasteiger partial charge in [0.05, 0.1) is 44.5 Å². The zero-order chi connectivity index (χ0) is 64.7. The van der Waals surface area contributed by atoms with Gasteiger partial charge in [-0.05, 0) is 149 Å². The number of aliphatic hydroxyl groups excluding tert-OH is 1. The lowest BCUT2D eigenvalue weighted by Gasteiger charge is -2.17. The number of nitrogen functional groups attached to an aromatic ring is 1. The number of phenolic OH excluding ortho intramolecular Hbond substituents is 7. The van der Waals surface area contributed by atoms with Gasteiger partial charge < -0.3 is 46.6 Å². The van der Waals surface area contributed by atoms with Gasteiger partial charge >= 0.3 is 0 Å². The van der Waals surface area contributed by atoms with Gasteiger partial charge in [-0.2, -0.15) is 0 Å². The molecule has 0 saturated heterocycles. The van der Waals surface area contributed by atoms with Gasteiger partial charge in [0.15, 0.2) is 57.8 Å². The molecule has 88 heavy (non-hydrogen) atoms. The lowest BCUT2D eigenvalue weighted by atomic mass is 9.86. The average Bonchev–Trinajstić information content (AvgIpc) is 3.01. The molecule has 6 aromatic carbocycles. The third kappa shape index (κ3) is 13.1. The van der Waals surface area contributed by atoms with Crippen LogP contribution >= 0.6 is 0 Å². The number of carbonyl (C=O) groups is 12. The van der Waals surface area contributed by atoms with Gasteiger partial charge in [-0.1, -0.05) is 48.0 Å². The van der Waals surface area contributed by atoms with E-state index < -0.39 is 28.9 Å². The fourth-order valence-electron chi connectivity index (χ4n) is 9.24. The minimum absolute atomic E-state index is 0.00231. The van der Waals surface area contributed by atoms with Gasteiger partial charge in [0, 0.05) is 39.1 Å². The van der Waals surface area contributed by atoms with E-state index in [1.807, 2.05) is 13.8 Å². The smallest absolute Gasteiger partial charge is 0.237 e. The van der Waals surface area contributed by atoms with E-state index in [-0.39, 0.29) is 171 Å². The molecule has 0 heterocycles. The minimum Gasteiger partial charge on any atom is -0.507 e. The first-order valence-electron chi connectivity index (χ1n) is 26.0. The molecular formula is C67H49NO20. The quantitative estimate of drug-likeness (QED) is 0.0337. The van der Waals surface area contributed by atoms with E-state index in [1.54, 1.807) is 44.2 Å². The molecule has 0 aliphatic heterocycles. The Kier molecular flexibility index (Phi) is 18.8. The number of fused-ring (bicyclic) bond motifs is 6. The Morgan fingerprint density at radius 1 is 0.364 bits per heavy atom. The number of nitrogens with two attached hydrogens (primary N) is 1. The van der Waals surface area contributed by atoms with Gasteiger partial charge in [0.1, 0.15) is 46.0 Å². The molecule has 6 aliphatic rings. The minimum atomic E-state index is -0.775. The lowest BCUT2D eigenvalue weighted by molar-refractivity contribution is -0.112. The summed E-state index contributed by atoms with van der Waals surface area (Å²) in [5.41, 5.74) is 9.10. The SMILES string of the molecule is CC(C)=CCC1=C(O)c2cccc(O)c2C(=O)C1=O.CC1=CC(=O)c2c(O)cccc2C1=O.Cc1cc(O)c2c(c1)C(=O)C=CC2=O.Nc1ccc(O)c2c1C(=O)C=CC2=O.O=C1C=CC(=O)c2c(O)ccc(O)c21.O=C1C=CC(=O)c2c(O)cccc21. The summed E-state index contributed by atoms with van der Waals surface area (Å²) in [6, 6.07) is 21.5. The van der Waals surface area contributed by atoms with Crippen LogP contribution in [0.2, 0.25) is 0 Å². The van der Waals surface area contributed by atoms with Crippen molar-refractivity contribution >= 4 is 80.8 Å². The van der Waals surface area contributed by atoms with Crippen LogP contribution in [0.25, 0.3) is 5.76 Å². The first kappa shape index (κ1) is 63.3. The zero-order valence-corrected chi connectivity index (χ0v) is 46.7. The summed E-state index contributed by atoms with van der Waals surface area (Å²) >= 11 is 0. The van der Waals surface area contributed by atoms with Crippen molar-refractivity contribution in [1.82, 2.24) is 0 Å². The van der Waals surface area contributed by atoms with Gasteiger partial charge in [0.25, 0.3) is 0 Å². The number of aromatic hydroxyl groups is 7. The summed E-state index contributed by atoms with van der Waals surface area (Å²) in [5.74, 6) is -6.59. The summed E-state index contributed by atoms with van der Waals surface area (Å²) in [6.07, 6.45) is 12.4. The van der Waals surface area contributed by atoms with Crippen molar-refractivity contribution in [2.75, 3.05) is 5.73 Å². The van der Waals surface area contributed by atoms with Crippen LogP contribution in [-0.2, 0) is 4.79 Å². The highest BCUT2D eigenvalue weighted by atomic mass is 16.3. The van der Waals surface area contributed by atoms with E-state index >= 15 is 0 Å². The van der Waals surface area contributed by atoms with Crippen molar-refractivity contribution in [1.29, 1.82) is 0 Å². The Morgan fingerprint density at radius 3 is 1.22 bits per heavy atom. The number of hydrogen-bond acceptors (Lipinski definition) is 21. The largest absolute Gasteiger partial charge is 0.507 e. The van der Waals surface area contributed by atoms with Crippen molar-refractivity contribution in [2.45, 2.75) is 34.1 Å². The molecule has 6 aromatic rings. The Bertz CT molecular complexity index is 4200. The Labute approximate surface area is 498 Å². The molecule has 12 rings (SSSR count). The highest BCUT2D eigenvalue weighted by molar-refractivity contribution is 6.52. The molecule has 21 nitrogen and oxygen atoms in total. The van der Waals surface area contributed by atoms with E-state index in [9.17, 15) is 98.4 Å². The van der Waals surface area contributed by atoms with E-state index in [0.29, 0.717) is 5.57 Å². The normalized spacial score (nSPS) is 14.5. The molecule has 442 valence electrons. The lowest BCUT2D eigenvalue weighted by Crippen LogP contribution is -2.24. The van der Waals surface area contributed by atoms with Crippen LogP contribution in [0.1, 0.15) is 152 Å². The first-order valence-corrected chi connectivity index (χ1v) is 26.0. The van der Waals surface area contributed by atoms with E-state index in [1.165, 1.54) is 97.1 Å². The molecular weight excluding hydrogens is 1140 g/mol. The number of rotatable bonds is 2. The van der Waals surface area contributed by atoms with Crippen LogP contribution in [0.15, 0.2) is 168 Å². The fraction of sp³-hybridized carbons (Fsp3) is 0.0746. The predicted molar refractivity (Wildman–Crippen MR) is 316 cm³/mol. The molecule has 6 aliphatic carbocycles. The molecule has 0 saturated carbocycles. The third-order valence-corrected chi connectivity index (χ3v) is 13.5. The van der Waals surface area contributed by atoms with E-state index in [4.69, 9.17) is 5.73 Å². The third-order valence-electron chi connectivity index (χ3n) is 13.5. The topological polar surface area (TPSA) is 393 Å². The molecule has 0 spiro atoms. The summed E-state index contributed by atoms with van der Waals surface area (Å²) in [6.45, 7) is 7.09.